The van der Waals surface area contributed by atoms with Crippen molar-refractivity contribution >= 4 is 5.91 Å². The highest BCUT2D eigenvalue weighted by molar-refractivity contribution is 6.00. The van der Waals surface area contributed by atoms with Crippen molar-refractivity contribution in [2.24, 2.45) is 0 Å². The number of hydrogen-bond donors (Lipinski definition) is 1. The van der Waals surface area contributed by atoms with E-state index >= 15 is 0 Å². The highest BCUT2D eigenvalue weighted by Gasteiger charge is 2.38. The smallest absolute Gasteiger partial charge is 0.257 e. The zero-order chi connectivity index (χ0) is 17.4. The number of benzene rings is 1. The number of rotatable bonds is 3. The van der Waals surface area contributed by atoms with Crippen LogP contribution in [0.4, 0.5) is 0 Å². The Hall–Kier alpha value is -2.14. The van der Waals surface area contributed by atoms with E-state index in [1.165, 1.54) is 31.4 Å². The molecule has 0 spiro atoms. The van der Waals surface area contributed by atoms with Crippen molar-refractivity contribution < 1.29 is 4.79 Å². The summed E-state index contributed by atoms with van der Waals surface area (Å²) in [6.45, 7) is 7.22. The van der Waals surface area contributed by atoms with Gasteiger partial charge in [0, 0.05) is 30.7 Å². The topological polar surface area (TPSA) is 52.2 Å². The van der Waals surface area contributed by atoms with E-state index in [1.807, 2.05) is 17.0 Å². The lowest BCUT2D eigenvalue weighted by Crippen LogP contribution is -2.63. The molecule has 2 fully saturated rings. The second-order valence-electron chi connectivity index (χ2n) is 7.47. The third kappa shape index (κ3) is 3.09. The van der Waals surface area contributed by atoms with Gasteiger partial charge in [0.15, 0.2) is 0 Å². The second kappa shape index (κ2) is 6.64. The molecule has 2 aliphatic rings. The van der Waals surface area contributed by atoms with Gasteiger partial charge in [-0.25, -0.2) is 0 Å². The van der Waals surface area contributed by atoms with E-state index in [0.29, 0.717) is 17.6 Å². The number of piperidine rings is 1. The maximum atomic E-state index is 12.9. The van der Waals surface area contributed by atoms with Gasteiger partial charge in [-0.05, 0) is 39.3 Å². The highest BCUT2D eigenvalue weighted by Crippen LogP contribution is 2.28. The molecular formula is C20H26N4O. The molecule has 1 amide bonds. The number of aromatic amines is 1. The molecule has 132 valence electrons. The van der Waals surface area contributed by atoms with Gasteiger partial charge in [-0.2, -0.15) is 5.10 Å². The quantitative estimate of drug-likeness (QED) is 0.936. The van der Waals surface area contributed by atoms with Crippen LogP contribution in [0.25, 0.3) is 11.3 Å². The average molecular weight is 338 g/mol. The molecule has 0 radical (unpaired) electrons. The first-order valence-electron chi connectivity index (χ1n) is 9.29. The van der Waals surface area contributed by atoms with E-state index < -0.39 is 0 Å². The van der Waals surface area contributed by atoms with Gasteiger partial charge in [0.05, 0.1) is 17.5 Å². The molecule has 25 heavy (non-hydrogen) atoms. The zero-order valence-electron chi connectivity index (χ0n) is 15.0. The molecule has 0 saturated carbocycles. The van der Waals surface area contributed by atoms with Crippen LogP contribution in [0.1, 0.15) is 42.1 Å². The molecule has 1 atom stereocenters. The number of hydrogen-bond acceptors (Lipinski definition) is 3. The second-order valence-corrected chi connectivity index (χ2v) is 7.47. The summed E-state index contributed by atoms with van der Waals surface area (Å²) in [4.78, 5) is 17.5. The van der Waals surface area contributed by atoms with Gasteiger partial charge in [-0.1, -0.05) is 30.2 Å². The number of aryl methyl sites for hydroxylation is 1. The summed E-state index contributed by atoms with van der Waals surface area (Å²) in [6.07, 6.45) is 5.57. The van der Waals surface area contributed by atoms with Crippen molar-refractivity contribution in [2.75, 3.05) is 19.6 Å². The number of likely N-dealkylation sites (tertiary alicyclic amines) is 2. The van der Waals surface area contributed by atoms with Gasteiger partial charge in [0.2, 0.25) is 0 Å². The third-order valence-electron chi connectivity index (χ3n) is 5.65. The molecule has 0 unspecified atom stereocenters. The fraction of sp³-hybridized carbons (Fsp3) is 0.500. The lowest BCUT2D eigenvalue weighted by molar-refractivity contribution is 0.00217. The molecule has 2 saturated heterocycles. The fourth-order valence-corrected chi connectivity index (χ4v) is 4.13. The van der Waals surface area contributed by atoms with E-state index in [1.54, 1.807) is 6.20 Å². The van der Waals surface area contributed by atoms with E-state index in [4.69, 9.17) is 0 Å². The minimum absolute atomic E-state index is 0.0890. The van der Waals surface area contributed by atoms with Gasteiger partial charge in [-0.3, -0.25) is 14.8 Å². The molecule has 2 aliphatic heterocycles. The predicted octanol–water partition coefficient (Wildman–Crippen LogP) is 3.08. The Bertz CT molecular complexity index is 763. The maximum Gasteiger partial charge on any atom is 0.257 e. The first-order chi connectivity index (χ1) is 12.1. The summed E-state index contributed by atoms with van der Waals surface area (Å²) in [5.41, 5.74) is 3.69. The van der Waals surface area contributed by atoms with E-state index in [0.717, 1.165) is 24.3 Å². The molecule has 1 N–H and O–H groups in total. The molecule has 5 nitrogen and oxygen atoms in total. The lowest BCUT2D eigenvalue weighted by atomic mass is 9.96. The van der Waals surface area contributed by atoms with Gasteiger partial charge >= 0.3 is 0 Å². The predicted molar refractivity (Wildman–Crippen MR) is 98.5 cm³/mol. The Kier molecular flexibility index (Phi) is 4.34. The van der Waals surface area contributed by atoms with Crippen molar-refractivity contribution in [1.82, 2.24) is 20.0 Å². The van der Waals surface area contributed by atoms with Crippen molar-refractivity contribution in [2.45, 2.75) is 45.2 Å². The first-order valence-corrected chi connectivity index (χ1v) is 9.29. The summed E-state index contributed by atoms with van der Waals surface area (Å²) in [6, 6.07) is 9.34. The summed E-state index contributed by atoms with van der Waals surface area (Å²) in [7, 11) is 0. The molecule has 3 heterocycles. The molecule has 2 aromatic rings. The van der Waals surface area contributed by atoms with Crippen molar-refractivity contribution in [1.29, 1.82) is 0 Å². The number of carbonyl (C=O) groups excluding carboxylic acids is 1. The first kappa shape index (κ1) is 16.3. The lowest BCUT2D eigenvalue weighted by Gasteiger charge is -2.49. The summed E-state index contributed by atoms with van der Waals surface area (Å²) in [5.74, 6) is 0.0890. The Morgan fingerprint density at radius 3 is 2.88 bits per heavy atom. The van der Waals surface area contributed by atoms with Gasteiger partial charge in [-0.15, -0.1) is 0 Å². The van der Waals surface area contributed by atoms with Crippen LogP contribution in [0.15, 0.2) is 30.5 Å². The number of H-pyrrole nitrogens is 1. The largest absolute Gasteiger partial charge is 0.335 e. The van der Waals surface area contributed by atoms with E-state index in [2.05, 4.69) is 41.1 Å². The summed E-state index contributed by atoms with van der Waals surface area (Å²) >= 11 is 0. The SMILES string of the molecule is Cc1cccc(-c2[nH]ncc2C(=O)N2CC(N3CCCC[C@H]3C)C2)c1. The Balaban J connectivity index is 1.46. The highest BCUT2D eigenvalue weighted by atomic mass is 16.2. The maximum absolute atomic E-state index is 12.9. The minimum Gasteiger partial charge on any atom is -0.335 e. The molecule has 1 aromatic heterocycles. The van der Waals surface area contributed by atoms with Crippen LogP contribution in [0.2, 0.25) is 0 Å². The number of nitrogens with zero attached hydrogens (tertiary/aromatic N) is 3. The van der Waals surface area contributed by atoms with Crippen LogP contribution in [-0.2, 0) is 0 Å². The fourth-order valence-electron chi connectivity index (χ4n) is 4.13. The molecular weight excluding hydrogens is 312 g/mol. The third-order valence-corrected chi connectivity index (χ3v) is 5.65. The van der Waals surface area contributed by atoms with Crippen LogP contribution in [0, 0.1) is 6.92 Å². The van der Waals surface area contributed by atoms with E-state index in [-0.39, 0.29) is 5.91 Å². The Labute approximate surface area is 149 Å². The Morgan fingerprint density at radius 2 is 2.12 bits per heavy atom. The van der Waals surface area contributed by atoms with Crippen molar-refractivity contribution in [3.05, 3.63) is 41.6 Å². The van der Waals surface area contributed by atoms with Crippen molar-refractivity contribution in [3.8, 4) is 11.3 Å². The molecule has 5 heteroatoms. The van der Waals surface area contributed by atoms with Crippen LogP contribution in [0.5, 0.6) is 0 Å². The number of nitrogens with one attached hydrogen (secondary N) is 1. The average Bonchev–Trinajstić information content (AvgIpc) is 3.05. The van der Waals surface area contributed by atoms with Crippen LogP contribution < -0.4 is 0 Å². The van der Waals surface area contributed by atoms with Crippen LogP contribution >= 0.6 is 0 Å². The standard InChI is InChI=1S/C20H26N4O/c1-14-6-5-8-16(10-14)19-18(11-21-22-19)20(25)23-12-17(13-23)24-9-4-3-7-15(24)2/h5-6,8,10-11,15,17H,3-4,7,9,12-13H2,1-2H3,(H,21,22)/t15-/m1/s1. The number of amides is 1. The summed E-state index contributed by atoms with van der Waals surface area (Å²) in [5, 5.41) is 7.14. The molecule has 1 aromatic carbocycles. The van der Waals surface area contributed by atoms with Crippen LogP contribution in [0.3, 0.4) is 0 Å². The van der Waals surface area contributed by atoms with Gasteiger partial charge in [0.25, 0.3) is 5.91 Å². The van der Waals surface area contributed by atoms with E-state index in [9.17, 15) is 4.79 Å². The molecule has 0 bridgehead atoms. The number of aromatic nitrogens is 2. The van der Waals surface area contributed by atoms with Crippen LogP contribution in [-0.4, -0.2) is 57.6 Å². The zero-order valence-corrected chi connectivity index (χ0v) is 15.0. The van der Waals surface area contributed by atoms with Gasteiger partial charge < -0.3 is 4.90 Å². The van der Waals surface area contributed by atoms with Gasteiger partial charge in [0.1, 0.15) is 0 Å². The Morgan fingerprint density at radius 1 is 1.28 bits per heavy atom. The monoisotopic (exact) mass is 338 g/mol. The minimum atomic E-state index is 0.0890. The summed E-state index contributed by atoms with van der Waals surface area (Å²) < 4.78 is 0. The normalized spacial score (nSPS) is 22.0. The molecule has 4 rings (SSSR count). The van der Waals surface area contributed by atoms with Crippen molar-refractivity contribution in [3.63, 3.8) is 0 Å². The number of carbonyl (C=O) groups is 1. The molecule has 0 aliphatic carbocycles.